The summed E-state index contributed by atoms with van der Waals surface area (Å²) in [6.07, 6.45) is 3.94. The maximum Gasteiger partial charge on any atom is 0.319 e. The van der Waals surface area contributed by atoms with Gasteiger partial charge in [0, 0.05) is 24.4 Å². The summed E-state index contributed by atoms with van der Waals surface area (Å²) in [5.41, 5.74) is 0.949. The van der Waals surface area contributed by atoms with E-state index in [0.717, 1.165) is 31.2 Å². The van der Waals surface area contributed by atoms with Crippen molar-refractivity contribution in [2.45, 2.75) is 43.4 Å². The van der Waals surface area contributed by atoms with Crippen molar-refractivity contribution in [3.05, 3.63) is 65.7 Å². The molecule has 0 aliphatic carbocycles. The van der Waals surface area contributed by atoms with E-state index in [1.54, 1.807) is 18.2 Å². The van der Waals surface area contributed by atoms with Gasteiger partial charge < -0.3 is 9.84 Å². The van der Waals surface area contributed by atoms with E-state index >= 15 is 0 Å². The summed E-state index contributed by atoms with van der Waals surface area (Å²) in [7, 11) is 2.05. The van der Waals surface area contributed by atoms with Crippen molar-refractivity contribution in [2.75, 3.05) is 7.05 Å². The standard InChI is InChI=1S/C21H23NO3/c1-22-16-11-13-21(22,14-12-16)25-20(24)19(15-7-3-2-4-8-15)17-9-5-6-10-18(17)23/h2-10,16,19,23H,11-14H2,1H3. The minimum absolute atomic E-state index is 0.120. The molecule has 0 aromatic heterocycles. The molecule has 0 spiro atoms. The summed E-state index contributed by atoms with van der Waals surface area (Å²) >= 11 is 0. The summed E-state index contributed by atoms with van der Waals surface area (Å²) in [6, 6.07) is 17.1. The van der Waals surface area contributed by atoms with Crippen molar-refractivity contribution < 1.29 is 14.6 Å². The number of hydrogen-bond donors (Lipinski definition) is 1. The average molecular weight is 337 g/mol. The lowest BCUT2D eigenvalue weighted by molar-refractivity contribution is -0.174. The predicted molar refractivity (Wildman–Crippen MR) is 95.2 cm³/mol. The van der Waals surface area contributed by atoms with E-state index in [2.05, 4.69) is 11.9 Å². The van der Waals surface area contributed by atoms with Crippen molar-refractivity contribution >= 4 is 5.97 Å². The first-order chi connectivity index (χ1) is 12.1. The zero-order chi connectivity index (χ0) is 17.4. The third-order valence-corrected chi connectivity index (χ3v) is 5.83. The fourth-order valence-electron chi connectivity index (χ4n) is 4.37. The Hall–Kier alpha value is -2.33. The molecule has 0 saturated carbocycles. The van der Waals surface area contributed by atoms with Crippen molar-refractivity contribution in [3.8, 4) is 5.75 Å². The first-order valence-corrected chi connectivity index (χ1v) is 8.89. The molecule has 4 nitrogen and oxygen atoms in total. The predicted octanol–water partition coefficient (Wildman–Crippen LogP) is 3.65. The number of carbonyl (C=O) groups excluding carboxylic acids is 1. The lowest BCUT2D eigenvalue weighted by atomic mass is 9.90. The first-order valence-electron chi connectivity index (χ1n) is 8.89. The Morgan fingerprint density at radius 1 is 1.12 bits per heavy atom. The number of ether oxygens (including phenoxy) is 1. The SMILES string of the molecule is CN1C2CCC1(OC(=O)C(c1ccccc1)c1ccccc1O)CC2. The molecule has 2 heterocycles. The monoisotopic (exact) mass is 337 g/mol. The van der Waals surface area contributed by atoms with E-state index in [1.807, 2.05) is 36.4 Å². The molecule has 25 heavy (non-hydrogen) atoms. The number of hydrogen-bond acceptors (Lipinski definition) is 4. The Labute approximate surface area is 148 Å². The fraction of sp³-hybridized carbons (Fsp3) is 0.381. The lowest BCUT2D eigenvalue weighted by Gasteiger charge is -2.33. The number of aromatic hydroxyl groups is 1. The van der Waals surface area contributed by atoms with Gasteiger partial charge in [-0.05, 0) is 31.5 Å². The van der Waals surface area contributed by atoms with Crippen molar-refractivity contribution in [1.29, 1.82) is 0 Å². The number of phenolic OH excluding ortho intramolecular Hbond substituents is 1. The number of rotatable bonds is 4. The Bertz CT molecular complexity index is 766. The minimum atomic E-state index is -0.621. The second kappa shape index (κ2) is 6.19. The largest absolute Gasteiger partial charge is 0.508 e. The number of carbonyl (C=O) groups is 1. The average Bonchev–Trinajstić information content (AvgIpc) is 3.09. The van der Waals surface area contributed by atoms with Gasteiger partial charge in [0.2, 0.25) is 0 Å². The van der Waals surface area contributed by atoms with Crippen LogP contribution in [0.2, 0.25) is 0 Å². The normalized spacial score (nSPS) is 26.5. The van der Waals surface area contributed by atoms with Crippen LogP contribution in [0.5, 0.6) is 5.75 Å². The molecule has 2 bridgehead atoms. The minimum Gasteiger partial charge on any atom is -0.508 e. The fourth-order valence-corrected chi connectivity index (χ4v) is 4.37. The zero-order valence-corrected chi connectivity index (χ0v) is 14.4. The van der Waals surface area contributed by atoms with Gasteiger partial charge in [-0.25, -0.2) is 0 Å². The van der Waals surface area contributed by atoms with Crippen molar-refractivity contribution in [1.82, 2.24) is 4.90 Å². The molecule has 2 aliphatic heterocycles. The second-order valence-corrected chi connectivity index (χ2v) is 7.11. The zero-order valence-electron chi connectivity index (χ0n) is 14.4. The molecule has 1 unspecified atom stereocenters. The van der Waals surface area contributed by atoms with Gasteiger partial charge in [-0.1, -0.05) is 48.5 Å². The van der Waals surface area contributed by atoms with Crippen LogP contribution in [-0.2, 0) is 9.53 Å². The third-order valence-electron chi connectivity index (χ3n) is 5.83. The highest BCUT2D eigenvalue weighted by Crippen LogP contribution is 2.47. The van der Waals surface area contributed by atoms with E-state index in [1.165, 1.54) is 0 Å². The molecular weight excluding hydrogens is 314 g/mol. The van der Waals surface area contributed by atoms with Gasteiger partial charge in [-0.2, -0.15) is 0 Å². The lowest BCUT2D eigenvalue weighted by Crippen LogP contribution is -2.43. The maximum atomic E-state index is 13.2. The van der Waals surface area contributed by atoms with Gasteiger partial charge >= 0.3 is 5.97 Å². The van der Waals surface area contributed by atoms with E-state index in [4.69, 9.17) is 4.74 Å². The van der Waals surface area contributed by atoms with E-state index < -0.39 is 11.6 Å². The Balaban J connectivity index is 1.69. The van der Waals surface area contributed by atoms with Crippen LogP contribution in [0.15, 0.2) is 54.6 Å². The Morgan fingerprint density at radius 3 is 2.36 bits per heavy atom. The number of benzene rings is 2. The van der Waals surface area contributed by atoms with Crippen LogP contribution < -0.4 is 0 Å². The molecule has 2 aromatic rings. The first kappa shape index (κ1) is 16.2. The molecule has 4 heteroatoms. The van der Waals surface area contributed by atoms with Crippen LogP contribution in [0, 0.1) is 0 Å². The van der Waals surface area contributed by atoms with Crippen LogP contribution in [0.1, 0.15) is 42.7 Å². The van der Waals surface area contributed by atoms with Gasteiger partial charge in [0.25, 0.3) is 0 Å². The van der Waals surface area contributed by atoms with Crippen LogP contribution in [0.3, 0.4) is 0 Å². The molecule has 130 valence electrons. The van der Waals surface area contributed by atoms with Crippen LogP contribution in [0.4, 0.5) is 0 Å². The van der Waals surface area contributed by atoms with E-state index in [-0.39, 0.29) is 11.7 Å². The highest BCUT2D eigenvalue weighted by molar-refractivity contribution is 5.83. The summed E-state index contributed by atoms with van der Waals surface area (Å²) in [6.45, 7) is 0. The highest BCUT2D eigenvalue weighted by Gasteiger charge is 2.53. The van der Waals surface area contributed by atoms with Crippen LogP contribution >= 0.6 is 0 Å². The van der Waals surface area contributed by atoms with Crippen LogP contribution in [0.25, 0.3) is 0 Å². The molecule has 2 aliphatic rings. The number of para-hydroxylation sites is 1. The van der Waals surface area contributed by atoms with Gasteiger partial charge in [0.05, 0.1) is 0 Å². The highest BCUT2D eigenvalue weighted by atomic mass is 16.6. The number of fused-ring (bicyclic) bond motifs is 2. The van der Waals surface area contributed by atoms with E-state index in [9.17, 15) is 9.90 Å². The molecule has 0 radical (unpaired) electrons. The quantitative estimate of drug-likeness (QED) is 0.865. The summed E-state index contributed by atoms with van der Waals surface area (Å²) in [5, 5.41) is 10.3. The molecule has 2 aromatic carbocycles. The number of nitrogens with zero attached hydrogens (tertiary/aromatic N) is 1. The molecular formula is C21H23NO3. The molecule has 2 saturated heterocycles. The topological polar surface area (TPSA) is 49.8 Å². The van der Waals surface area contributed by atoms with Gasteiger partial charge in [0.1, 0.15) is 11.7 Å². The summed E-state index contributed by atoms with van der Waals surface area (Å²) in [4.78, 5) is 15.4. The molecule has 1 N–H and O–H groups in total. The Kier molecular flexibility index (Phi) is 4.00. The third kappa shape index (κ3) is 2.71. The Morgan fingerprint density at radius 2 is 1.76 bits per heavy atom. The van der Waals surface area contributed by atoms with E-state index in [0.29, 0.717) is 11.6 Å². The van der Waals surface area contributed by atoms with Gasteiger partial charge in [-0.15, -0.1) is 0 Å². The van der Waals surface area contributed by atoms with Gasteiger partial charge in [0.15, 0.2) is 5.72 Å². The molecule has 0 amide bonds. The van der Waals surface area contributed by atoms with Gasteiger partial charge in [-0.3, -0.25) is 9.69 Å². The second-order valence-electron chi connectivity index (χ2n) is 7.11. The van der Waals surface area contributed by atoms with Crippen molar-refractivity contribution in [2.24, 2.45) is 0 Å². The summed E-state index contributed by atoms with van der Waals surface area (Å²) in [5.74, 6) is -0.790. The molecule has 4 rings (SSSR count). The van der Waals surface area contributed by atoms with Crippen LogP contribution in [-0.4, -0.2) is 34.8 Å². The smallest absolute Gasteiger partial charge is 0.319 e. The van der Waals surface area contributed by atoms with Crippen molar-refractivity contribution in [3.63, 3.8) is 0 Å². The number of phenols is 1. The summed E-state index contributed by atoms with van der Waals surface area (Å²) < 4.78 is 6.10. The molecule has 1 atom stereocenters. The number of esters is 1. The maximum absolute atomic E-state index is 13.2. The molecule has 2 fully saturated rings.